The third-order valence-corrected chi connectivity index (χ3v) is 4.80. The zero-order valence-electron chi connectivity index (χ0n) is 16.2. The molecule has 148 valence electrons. The number of para-hydroxylation sites is 1. The number of H-pyrrole nitrogens is 2. The van der Waals surface area contributed by atoms with E-state index in [-0.39, 0.29) is 11.7 Å². The van der Waals surface area contributed by atoms with Gasteiger partial charge < -0.3 is 21.0 Å². The van der Waals surface area contributed by atoms with Gasteiger partial charge in [-0.2, -0.15) is 0 Å². The van der Waals surface area contributed by atoms with Crippen LogP contribution in [0.1, 0.15) is 47.3 Å². The van der Waals surface area contributed by atoms with Crippen LogP contribution in [0, 0.1) is 5.41 Å². The van der Waals surface area contributed by atoms with E-state index in [0.717, 1.165) is 41.0 Å². The minimum atomic E-state index is -0.109. The van der Waals surface area contributed by atoms with Gasteiger partial charge in [0.1, 0.15) is 23.0 Å². The fourth-order valence-corrected chi connectivity index (χ4v) is 3.30. The predicted octanol–water partition coefficient (Wildman–Crippen LogP) is 2.84. The quantitative estimate of drug-likeness (QED) is 0.189. The van der Waals surface area contributed by atoms with Gasteiger partial charge in [0.05, 0.1) is 28.5 Å². The van der Waals surface area contributed by atoms with Gasteiger partial charge in [-0.25, -0.2) is 9.97 Å². The van der Waals surface area contributed by atoms with Crippen molar-refractivity contribution in [1.82, 2.24) is 25.3 Å². The first-order chi connectivity index (χ1) is 14.0. The van der Waals surface area contributed by atoms with Crippen LogP contribution in [0.3, 0.4) is 0 Å². The van der Waals surface area contributed by atoms with E-state index in [1.54, 1.807) is 12.1 Å². The van der Waals surface area contributed by atoms with E-state index >= 15 is 0 Å². The van der Waals surface area contributed by atoms with Crippen LogP contribution in [0.25, 0.3) is 22.1 Å². The number of amidine groups is 1. The van der Waals surface area contributed by atoms with Crippen molar-refractivity contribution in [3.8, 4) is 0 Å². The van der Waals surface area contributed by atoms with Gasteiger partial charge in [-0.05, 0) is 36.8 Å². The molecule has 0 spiro atoms. The van der Waals surface area contributed by atoms with Gasteiger partial charge in [-0.15, -0.1) is 0 Å². The van der Waals surface area contributed by atoms with Crippen molar-refractivity contribution in [1.29, 1.82) is 5.41 Å². The molecule has 29 heavy (non-hydrogen) atoms. The monoisotopic (exact) mass is 389 g/mol. The second kappa shape index (κ2) is 7.75. The molecule has 8 heteroatoms. The van der Waals surface area contributed by atoms with Crippen molar-refractivity contribution in [3.63, 3.8) is 0 Å². The largest absolute Gasteiger partial charge is 0.384 e. The summed E-state index contributed by atoms with van der Waals surface area (Å²) in [5.74, 6) is 1.38. The number of carbonyl (C=O) groups excluding carboxylic acids is 1. The highest BCUT2D eigenvalue weighted by Crippen LogP contribution is 2.19. The maximum atomic E-state index is 12.5. The molecule has 6 N–H and O–H groups in total. The van der Waals surface area contributed by atoms with Gasteiger partial charge in [0.15, 0.2) is 0 Å². The van der Waals surface area contributed by atoms with E-state index in [0.29, 0.717) is 29.6 Å². The number of aromatic amines is 2. The second-order valence-corrected chi connectivity index (χ2v) is 7.00. The number of rotatable bonds is 7. The van der Waals surface area contributed by atoms with Gasteiger partial charge >= 0.3 is 0 Å². The number of hydrogen-bond acceptors (Lipinski definition) is 4. The Labute approximate surface area is 167 Å². The summed E-state index contributed by atoms with van der Waals surface area (Å²) in [5.41, 5.74) is 9.87. The minimum Gasteiger partial charge on any atom is -0.384 e. The molecule has 4 rings (SSSR count). The number of fused-ring (bicyclic) bond motifs is 2. The number of nitrogens with zero attached hydrogens (tertiary/aromatic N) is 2. The summed E-state index contributed by atoms with van der Waals surface area (Å²) in [6.45, 7) is 2.75. The van der Waals surface area contributed by atoms with Crippen molar-refractivity contribution in [2.24, 2.45) is 5.73 Å². The van der Waals surface area contributed by atoms with Gasteiger partial charge in [0, 0.05) is 12.1 Å². The van der Waals surface area contributed by atoms with Crippen LogP contribution in [-0.4, -0.2) is 38.2 Å². The molecular formula is C21H23N7O. The van der Waals surface area contributed by atoms with Crippen LogP contribution in [0.5, 0.6) is 0 Å². The normalized spacial score (nSPS) is 11.2. The molecule has 4 aromatic rings. The lowest BCUT2D eigenvalue weighted by atomic mass is 10.1. The molecule has 0 saturated carbocycles. The number of amides is 1. The molecule has 1 amide bonds. The van der Waals surface area contributed by atoms with E-state index in [1.165, 1.54) is 0 Å². The zero-order chi connectivity index (χ0) is 20.4. The highest BCUT2D eigenvalue weighted by molar-refractivity contribution is 6.04. The number of nitrogens with one attached hydrogen (secondary N) is 4. The summed E-state index contributed by atoms with van der Waals surface area (Å²) in [7, 11) is 0. The topological polar surface area (TPSA) is 136 Å². The van der Waals surface area contributed by atoms with E-state index in [2.05, 4.69) is 32.2 Å². The number of unbranched alkanes of at least 4 members (excludes halogenated alkanes) is 1. The molecule has 0 fully saturated rings. The lowest BCUT2D eigenvalue weighted by Crippen LogP contribution is -2.24. The Kier molecular flexibility index (Phi) is 4.99. The van der Waals surface area contributed by atoms with Crippen LogP contribution >= 0.6 is 0 Å². The van der Waals surface area contributed by atoms with Gasteiger partial charge in [-0.3, -0.25) is 10.2 Å². The third kappa shape index (κ3) is 3.82. The van der Waals surface area contributed by atoms with Crippen molar-refractivity contribution in [2.45, 2.75) is 26.2 Å². The van der Waals surface area contributed by atoms with Crippen LogP contribution in [0.2, 0.25) is 0 Å². The summed E-state index contributed by atoms with van der Waals surface area (Å²) in [6.07, 6.45) is 2.45. The molecule has 0 bridgehead atoms. The Bertz CT molecular complexity index is 1200. The highest BCUT2D eigenvalue weighted by atomic mass is 16.1. The number of hydrogen-bond donors (Lipinski definition) is 5. The molecule has 0 radical (unpaired) electrons. The summed E-state index contributed by atoms with van der Waals surface area (Å²) >= 11 is 0. The smallest absolute Gasteiger partial charge is 0.253 e. The summed E-state index contributed by atoms with van der Waals surface area (Å²) in [6, 6.07) is 11.0. The van der Waals surface area contributed by atoms with Gasteiger partial charge in [0.2, 0.25) is 0 Å². The van der Waals surface area contributed by atoms with E-state index in [1.807, 2.05) is 24.3 Å². The number of carbonyl (C=O) groups is 1. The van der Waals surface area contributed by atoms with Crippen LogP contribution in [-0.2, 0) is 6.42 Å². The van der Waals surface area contributed by atoms with E-state index in [4.69, 9.17) is 11.1 Å². The average molecular weight is 389 g/mol. The summed E-state index contributed by atoms with van der Waals surface area (Å²) < 4.78 is 0. The van der Waals surface area contributed by atoms with Crippen molar-refractivity contribution < 1.29 is 4.79 Å². The van der Waals surface area contributed by atoms with Gasteiger partial charge in [0.25, 0.3) is 5.91 Å². The SMILES string of the molecule is CCCCNC(=O)c1cccc2[nH]c(Cc3nc4ccc(C(=N)N)cc4[nH]3)nc12. The molecule has 8 nitrogen and oxygen atoms in total. The van der Waals surface area contributed by atoms with Crippen molar-refractivity contribution >= 4 is 33.8 Å². The van der Waals surface area contributed by atoms with Crippen LogP contribution < -0.4 is 11.1 Å². The van der Waals surface area contributed by atoms with E-state index < -0.39 is 0 Å². The molecule has 0 aliphatic carbocycles. The van der Waals surface area contributed by atoms with Crippen molar-refractivity contribution in [3.05, 3.63) is 59.2 Å². The molecule has 0 aliphatic rings. The third-order valence-electron chi connectivity index (χ3n) is 4.80. The molecule has 0 atom stereocenters. The predicted molar refractivity (Wildman–Crippen MR) is 113 cm³/mol. The molecule has 2 aromatic heterocycles. The first-order valence-electron chi connectivity index (χ1n) is 9.64. The molecule has 2 heterocycles. The molecule has 0 unspecified atom stereocenters. The number of nitrogens with two attached hydrogens (primary N) is 1. The molecule has 0 aliphatic heterocycles. The Morgan fingerprint density at radius 1 is 1.14 bits per heavy atom. The Hall–Kier alpha value is -3.68. The van der Waals surface area contributed by atoms with Gasteiger partial charge in [-0.1, -0.05) is 19.4 Å². The average Bonchev–Trinajstić information content (AvgIpc) is 3.29. The van der Waals surface area contributed by atoms with E-state index in [9.17, 15) is 4.79 Å². The minimum absolute atomic E-state index is 0.0186. The number of imidazole rings is 2. The fourth-order valence-electron chi connectivity index (χ4n) is 3.30. The number of benzene rings is 2. The van der Waals surface area contributed by atoms with Crippen LogP contribution in [0.4, 0.5) is 0 Å². The standard InChI is InChI=1S/C21H23N7O/c1-2-3-9-24-21(29)13-5-4-6-15-19(13)28-18(26-15)11-17-25-14-8-7-12(20(22)23)10-16(14)27-17/h4-8,10H,2-3,9,11H2,1H3,(H3,22,23)(H,24,29)(H,25,27)(H,26,28). The zero-order valence-corrected chi connectivity index (χ0v) is 16.2. The summed E-state index contributed by atoms with van der Waals surface area (Å²) in [5, 5.41) is 10.5. The Morgan fingerprint density at radius 2 is 1.93 bits per heavy atom. The fraction of sp³-hybridized carbons (Fsp3) is 0.238. The Balaban J connectivity index is 1.60. The maximum Gasteiger partial charge on any atom is 0.253 e. The molecule has 2 aromatic carbocycles. The highest BCUT2D eigenvalue weighted by Gasteiger charge is 2.14. The maximum absolute atomic E-state index is 12.5. The molecule has 0 saturated heterocycles. The van der Waals surface area contributed by atoms with Crippen molar-refractivity contribution in [2.75, 3.05) is 6.54 Å². The van der Waals surface area contributed by atoms with Crippen LogP contribution in [0.15, 0.2) is 36.4 Å². The summed E-state index contributed by atoms with van der Waals surface area (Å²) in [4.78, 5) is 28.2. The Morgan fingerprint density at radius 3 is 2.72 bits per heavy atom. The second-order valence-electron chi connectivity index (χ2n) is 7.00. The lowest BCUT2D eigenvalue weighted by Gasteiger charge is -2.04. The first kappa shape index (κ1) is 18.7. The number of nitrogen functional groups attached to an aromatic ring is 1. The molecular weight excluding hydrogens is 366 g/mol. The first-order valence-corrected chi connectivity index (χ1v) is 9.64. The number of aromatic nitrogens is 4. The lowest BCUT2D eigenvalue weighted by molar-refractivity contribution is 0.0954.